The van der Waals surface area contributed by atoms with E-state index in [0.717, 1.165) is 38.6 Å². The van der Waals surface area contributed by atoms with E-state index < -0.39 is 10.8 Å². The molecule has 0 radical (unpaired) electrons. The summed E-state index contributed by atoms with van der Waals surface area (Å²) in [5.41, 5.74) is 19.9. The molecule has 0 saturated carbocycles. The second-order valence-corrected chi connectivity index (χ2v) is 17.7. The maximum absolute atomic E-state index is 5.18. The molecular formula is C63H39N3. The predicted molar refractivity (Wildman–Crippen MR) is 267 cm³/mol. The van der Waals surface area contributed by atoms with Crippen LogP contribution in [0.5, 0.6) is 0 Å². The van der Waals surface area contributed by atoms with Crippen LogP contribution in [0, 0.1) is 0 Å². The van der Waals surface area contributed by atoms with Gasteiger partial charge in [-0.1, -0.05) is 224 Å². The highest BCUT2D eigenvalue weighted by molar-refractivity contribution is 6.05. The molecule has 0 N–H and O–H groups in total. The maximum atomic E-state index is 5.18. The van der Waals surface area contributed by atoms with Gasteiger partial charge in [0, 0.05) is 16.7 Å². The van der Waals surface area contributed by atoms with Crippen molar-refractivity contribution in [1.82, 2.24) is 15.0 Å². The second kappa shape index (κ2) is 14.0. The SMILES string of the molecule is c1ccc(-c2nc(-c3ccccc3)nc(-c3ccc(-c4ccc5c(c4)C4(c6ccccc6-c6ccccc64)c4ccccc4C54c5ccccc5-c5ccccc54)c4ccccc34)n2)cc1. The van der Waals surface area contributed by atoms with Gasteiger partial charge in [0.15, 0.2) is 17.5 Å². The Bertz CT molecular complexity index is 3630. The Balaban J connectivity index is 1.05. The lowest BCUT2D eigenvalue weighted by molar-refractivity contribution is 0.633. The number of hydrogen-bond acceptors (Lipinski definition) is 3. The summed E-state index contributed by atoms with van der Waals surface area (Å²) in [7, 11) is 0. The molecule has 1 aromatic heterocycles. The highest BCUT2D eigenvalue weighted by atomic mass is 15.0. The summed E-state index contributed by atoms with van der Waals surface area (Å²) in [6.07, 6.45) is 0. The van der Waals surface area contributed by atoms with E-state index in [1.54, 1.807) is 0 Å². The molecule has 0 amide bonds. The number of aromatic nitrogens is 3. The summed E-state index contributed by atoms with van der Waals surface area (Å²) in [5, 5.41) is 2.23. The number of hydrogen-bond donors (Lipinski definition) is 0. The molecule has 2 spiro atoms. The maximum Gasteiger partial charge on any atom is 0.164 e. The predicted octanol–water partition coefficient (Wildman–Crippen LogP) is 14.7. The van der Waals surface area contributed by atoms with Gasteiger partial charge in [-0.3, -0.25) is 0 Å². The molecule has 3 heteroatoms. The van der Waals surface area contributed by atoms with Gasteiger partial charge in [-0.05, 0) is 101 Å². The molecule has 11 aromatic rings. The lowest BCUT2D eigenvalue weighted by Crippen LogP contribution is -2.43. The monoisotopic (exact) mass is 837 g/mol. The van der Waals surface area contributed by atoms with E-state index in [1.807, 2.05) is 36.4 Å². The third-order valence-corrected chi connectivity index (χ3v) is 14.6. The van der Waals surface area contributed by atoms with E-state index in [9.17, 15) is 0 Å². The summed E-state index contributed by atoms with van der Waals surface area (Å²) < 4.78 is 0. The lowest BCUT2D eigenvalue weighted by atomic mass is 9.52. The van der Waals surface area contributed by atoms with Gasteiger partial charge in [0.2, 0.25) is 0 Å². The third kappa shape index (κ3) is 4.89. The largest absolute Gasteiger partial charge is 0.208 e. The summed E-state index contributed by atoms with van der Waals surface area (Å²) in [6.45, 7) is 0. The molecule has 3 nitrogen and oxygen atoms in total. The first-order valence-corrected chi connectivity index (χ1v) is 22.8. The van der Waals surface area contributed by atoms with Crippen molar-refractivity contribution in [1.29, 1.82) is 0 Å². The fourth-order valence-electron chi connectivity index (χ4n) is 12.1. The number of rotatable bonds is 4. The molecule has 1 heterocycles. The first-order chi connectivity index (χ1) is 32.7. The molecule has 0 unspecified atom stereocenters. The summed E-state index contributed by atoms with van der Waals surface area (Å²) in [6, 6.07) is 86.8. The van der Waals surface area contributed by atoms with Crippen molar-refractivity contribution in [2.75, 3.05) is 0 Å². The molecular weight excluding hydrogens is 799 g/mol. The zero-order valence-electron chi connectivity index (χ0n) is 35.9. The Labute approximate surface area is 383 Å². The van der Waals surface area contributed by atoms with Crippen LogP contribution in [0.15, 0.2) is 237 Å². The van der Waals surface area contributed by atoms with Crippen molar-refractivity contribution >= 4 is 10.8 Å². The van der Waals surface area contributed by atoms with Crippen LogP contribution in [-0.2, 0) is 10.8 Å². The van der Waals surface area contributed by atoms with Crippen LogP contribution in [0.25, 0.3) is 78.3 Å². The van der Waals surface area contributed by atoms with Crippen LogP contribution < -0.4 is 0 Å². The van der Waals surface area contributed by atoms with Crippen molar-refractivity contribution in [2.24, 2.45) is 0 Å². The molecule has 0 aliphatic heterocycles. The average molecular weight is 838 g/mol. The normalized spacial score (nSPS) is 14.0. The lowest BCUT2D eigenvalue weighted by Gasteiger charge is -2.49. The van der Waals surface area contributed by atoms with E-state index in [2.05, 4.69) is 200 Å². The molecule has 14 rings (SSSR count). The van der Waals surface area contributed by atoms with Crippen molar-refractivity contribution in [2.45, 2.75) is 10.8 Å². The summed E-state index contributed by atoms with van der Waals surface area (Å²) >= 11 is 0. The van der Waals surface area contributed by atoms with Crippen LogP contribution in [0.1, 0.15) is 44.5 Å². The third-order valence-electron chi connectivity index (χ3n) is 14.6. The average Bonchev–Trinajstić information content (AvgIpc) is 3.86. The molecule has 10 aromatic carbocycles. The highest BCUT2D eigenvalue weighted by Crippen LogP contribution is 2.67. The van der Waals surface area contributed by atoms with E-state index in [0.29, 0.717) is 17.5 Å². The summed E-state index contributed by atoms with van der Waals surface area (Å²) in [5.74, 6) is 1.94. The minimum Gasteiger partial charge on any atom is -0.208 e. The smallest absolute Gasteiger partial charge is 0.164 e. The van der Waals surface area contributed by atoms with Gasteiger partial charge in [-0.2, -0.15) is 0 Å². The van der Waals surface area contributed by atoms with Gasteiger partial charge in [-0.25, -0.2) is 15.0 Å². The Morgan fingerprint density at radius 2 is 0.561 bits per heavy atom. The van der Waals surface area contributed by atoms with Crippen LogP contribution in [0.3, 0.4) is 0 Å². The number of fused-ring (bicyclic) bond motifs is 17. The molecule has 0 atom stereocenters. The molecule has 0 saturated heterocycles. The van der Waals surface area contributed by atoms with Gasteiger partial charge < -0.3 is 0 Å². The van der Waals surface area contributed by atoms with E-state index in [1.165, 1.54) is 66.8 Å². The Morgan fingerprint density at radius 3 is 1.05 bits per heavy atom. The zero-order chi connectivity index (χ0) is 43.4. The quantitative estimate of drug-likeness (QED) is 0.177. The van der Waals surface area contributed by atoms with Crippen molar-refractivity contribution in [3.05, 3.63) is 281 Å². The van der Waals surface area contributed by atoms with Crippen LogP contribution in [0.2, 0.25) is 0 Å². The van der Waals surface area contributed by atoms with Gasteiger partial charge >= 0.3 is 0 Å². The minimum atomic E-state index is -0.574. The van der Waals surface area contributed by atoms with Crippen LogP contribution >= 0.6 is 0 Å². The highest BCUT2D eigenvalue weighted by Gasteiger charge is 2.59. The minimum absolute atomic E-state index is 0.535. The topological polar surface area (TPSA) is 38.7 Å². The summed E-state index contributed by atoms with van der Waals surface area (Å²) in [4.78, 5) is 15.4. The Kier molecular flexibility index (Phi) is 7.82. The van der Waals surface area contributed by atoms with Gasteiger partial charge in [0.05, 0.1) is 10.8 Å². The fraction of sp³-hybridized carbons (Fsp3) is 0.0317. The number of nitrogens with zero attached hydrogens (tertiary/aromatic N) is 3. The van der Waals surface area contributed by atoms with Crippen molar-refractivity contribution < 1.29 is 0 Å². The fourth-order valence-corrected chi connectivity index (χ4v) is 12.1. The molecule has 66 heavy (non-hydrogen) atoms. The van der Waals surface area contributed by atoms with E-state index >= 15 is 0 Å². The van der Waals surface area contributed by atoms with Gasteiger partial charge in [0.1, 0.15) is 0 Å². The Hall–Kier alpha value is -8.53. The first-order valence-electron chi connectivity index (χ1n) is 22.8. The van der Waals surface area contributed by atoms with E-state index in [4.69, 9.17) is 15.0 Å². The molecule has 3 aliphatic carbocycles. The van der Waals surface area contributed by atoms with Crippen LogP contribution in [-0.4, -0.2) is 15.0 Å². The standard InChI is InChI=1S/C63H39N3/c1-3-19-40(20-4-1)59-64-60(41-21-5-2-6-22-41)66-61(65-59)50-37-36-43(44-23-7-8-24-45(44)50)42-35-38-57-58(39-42)63(53-31-15-11-27-48(53)49-28-12-16-32-54(49)63)56-34-18-17-33-55(56)62(57)51-29-13-9-25-46(51)47-26-10-14-30-52(47)62/h1-39H. The first kappa shape index (κ1) is 36.9. The Morgan fingerprint density at radius 1 is 0.212 bits per heavy atom. The molecule has 3 aliphatic rings. The molecule has 0 bridgehead atoms. The van der Waals surface area contributed by atoms with Crippen molar-refractivity contribution in [3.63, 3.8) is 0 Å². The number of benzene rings is 10. The molecule has 0 fully saturated rings. The zero-order valence-corrected chi connectivity index (χ0v) is 35.9. The van der Waals surface area contributed by atoms with E-state index in [-0.39, 0.29) is 0 Å². The van der Waals surface area contributed by atoms with Crippen molar-refractivity contribution in [3.8, 4) is 67.5 Å². The molecule has 306 valence electrons. The van der Waals surface area contributed by atoms with Gasteiger partial charge in [-0.15, -0.1) is 0 Å². The second-order valence-electron chi connectivity index (χ2n) is 17.7. The van der Waals surface area contributed by atoms with Crippen LogP contribution in [0.4, 0.5) is 0 Å². The van der Waals surface area contributed by atoms with Gasteiger partial charge in [0.25, 0.3) is 0 Å².